The summed E-state index contributed by atoms with van der Waals surface area (Å²) in [5, 5.41) is 0. The van der Waals surface area contributed by atoms with E-state index in [2.05, 4.69) is 0 Å². The van der Waals surface area contributed by atoms with Crippen LogP contribution in [-0.4, -0.2) is 40.3 Å². The third kappa shape index (κ3) is 0.687. The van der Waals surface area contributed by atoms with Gasteiger partial charge in [-0.2, -0.15) is 0 Å². The molecule has 0 spiro atoms. The molecular weight excluding hydrogens is 248 g/mol. The van der Waals surface area contributed by atoms with E-state index in [1.807, 2.05) is 27.7 Å². The van der Waals surface area contributed by atoms with Gasteiger partial charge in [-0.25, -0.2) is 0 Å². The Balaban J connectivity index is 1.86. The van der Waals surface area contributed by atoms with E-state index in [-0.39, 0.29) is 23.6 Å². The summed E-state index contributed by atoms with van der Waals surface area (Å²) in [5.41, 5.74) is -2.96. The van der Waals surface area contributed by atoms with Crippen molar-refractivity contribution in [3.05, 3.63) is 0 Å². The zero-order valence-electron chi connectivity index (χ0n) is 11.4. The molecule has 4 unspecified atom stereocenters. The van der Waals surface area contributed by atoms with E-state index in [4.69, 9.17) is 14.2 Å². The standard InChI is InChI=1S/C14H16O5/c1-11-6-5(15)7-13(3,18-11)10-14(7,4)19-12(6,2)8(11)9(16)17-10/h6-8,10H,1-4H3. The first kappa shape index (κ1) is 10.8. The van der Waals surface area contributed by atoms with Gasteiger partial charge in [0.2, 0.25) is 0 Å². The molecule has 2 aliphatic carbocycles. The van der Waals surface area contributed by atoms with Crippen LogP contribution in [0.4, 0.5) is 0 Å². The molecule has 19 heavy (non-hydrogen) atoms. The first-order chi connectivity index (χ1) is 8.69. The molecule has 8 bridgehead atoms. The van der Waals surface area contributed by atoms with Crippen LogP contribution in [0.1, 0.15) is 27.7 Å². The van der Waals surface area contributed by atoms with E-state index in [1.54, 1.807) is 0 Å². The maximum absolute atomic E-state index is 12.8. The Morgan fingerprint density at radius 1 is 0.789 bits per heavy atom. The number of carbonyl (C=O) groups excluding carboxylic acids is 2. The van der Waals surface area contributed by atoms with Crippen LogP contribution in [0.3, 0.4) is 0 Å². The lowest BCUT2D eigenvalue weighted by molar-refractivity contribution is -0.459. The fourth-order valence-corrected chi connectivity index (χ4v) is 6.31. The SMILES string of the molecule is CC12OC3(C)C4C(=O)OC1C1(C)OC4(C)C3C(=O)C21. The lowest BCUT2D eigenvalue weighted by Crippen LogP contribution is -2.94. The molecular formula is C14H16O5. The normalized spacial score (nSPS) is 71.2. The molecule has 0 aromatic rings. The lowest BCUT2D eigenvalue weighted by atomic mass is 9.39. The van der Waals surface area contributed by atoms with Crippen molar-refractivity contribution in [2.45, 2.75) is 56.2 Å². The molecule has 6 fully saturated rings. The topological polar surface area (TPSA) is 61.8 Å². The molecule has 4 heterocycles. The largest absolute Gasteiger partial charge is 0.456 e. The predicted octanol–water partition coefficient (Wildman–Crippen LogP) is 0.452. The minimum Gasteiger partial charge on any atom is -0.456 e. The fraction of sp³-hybridized carbons (Fsp3) is 0.857. The minimum atomic E-state index is -0.759. The predicted molar refractivity (Wildman–Crippen MR) is 61.1 cm³/mol. The highest BCUT2D eigenvalue weighted by atomic mass is 16.7. The van der Waals surface area contributed by atoms with E-state index in [0.717, 1.165) is 0 Å². The monoisotopic (exact) mass is 264 g/mol. The Morgan fingerprint density at radius 3 is 1.79 bits per heavy atom. The van der Waals surface area contributed by atoms with Crippen LogP contribution in [0.25, 0.3) is 0 Å². The minimum absolute atomic E-state index is 0.193. The Labute approximate surface area is 110 Å². The number of ketones is 1. The maximum Gasteiger partial charge on any atom is 0.315 e. The van der Waals surface area contributed by atoms with Crippen molar-refractivity contribution in [2.24, 2.45) is 17.8 Å². The summed E-state index contributed by atoms with van der Waals surface area (Å²) < 4.78 is 18.2. The van der Waals surface area contributed by atoms with Gasteiger partial charge in [0, 0.05) is 0 Å². The van der Waals surface area contributed by atoms with Crippen LogP contribution < -0.4 is 0 Å². The van der Waals surface area contributed by atoms with Gasteiger partial charge in [0.15, 0.2) is 11.9 Å². The summed E-state index contributed by atoms with van der Waals surface area (Å²) >= 11 is 0. The Kier molecular flexibility index (Phi) is 1.29. The number of hydrogen-bond donors (Lipinski definition) is 0. The van der Waals surface area contributed by atoms with E-state index in [1.165, 1.54) is 0 Å². The number of carbonyl (C=O) groups is 2. The Hall–Kier alpha value is -0.940. The molecule has 4 saturated heterocycles. The van der Waals surface area contributed by atoms with E-state index < -0.39 is 34.4 Å². The number of Topliss-reactive ketones (excluding diaryl/α,β-unsaturated/α-hetero) is 1. The molecule has 5 nitrogen and oxygen atoms in total. The first-order valence-corrected chi connectivity index (χ1v) is 6.84. The highest BCUT2D eigenvalue weighted by Crippen LogP contribution is 2.76. The molecule has 0 amide bonds. The Bertz CT molecular complexity index is 552. The quantitative estimate of drug-likeness (QED) is 0.595. The molecule has 4 atom stereocenters. The third-order valence-corrected chi connectivity index (χ3v) is 6.40. The van der Waals surface area contributed by atoms with Gasteiger partial charge in [-0.1, -0.05) is 0 Å². The molecule has 0 radical (unpaired) electrons. The summed E-state index contributed by atoms with van der Waals surface area (Å²) in [6.07, 6.45) is -0.478. The first-order valence-electron chi connectivity index (χ1n) is 6.84. The number of ether oxygens (including phenoxy) is 3. The zero-order valence-corrected chi connectivity index (χ0v) is 11.4. The molecule has 0 aromatic heterocycles. The molecule has 0 N–H and O–H groups in total. The van der Waals surface area contributed by atoms with Crippen molar-refractivity contribution in [3.8, 4) is 0 Å². The summed E-state index contributed by atoms with van der Waals surface area (Å²) in [5.74, 6) is -1.24. The molecule has 5 heteroatoms. The van der Waals surface area contributed by atoms with Crippen LogP contribution in [0.2, 0.25) is 0 Å². The number of fused-ring (bicyclic) bond motifs is 1. The highest BCUT2D eigenvalue weighted by Gasteiger charge is 2.93. The second-order valence-corrected chi connectivity index (χ2v) is 7.46. The molecule has 0 aromatic carbocycles. The third-order valence-electron chi connectivity index (χ3n) is 6.40. The van der Waals surface area contributed by atoms with Crippen molar-refractivity contribution < 1.29 is 23.8 Å². The Morgan fingerprint density at radius 2 is 1.26 bits per heavy atom. The maximum atomic E-state index is 12.8. The van der Waals surface area contributed by atoms with E-state index >= 15 is 0 Å². The van der Waals surface area contributed by atoms with Crippen LogP contribution >= 0.6 is 0 Å². The second kappa shape index (κ2) is 2.27. The van der Waals surface area contributed by atoms with Gasteiger partial charge in [0.25, 0.3) is 0 Å². The van der Waals surface area contributed by atoms with Crippen molar-refractivity contribution in [2.75, 3.05) is 0 Å². The molecule has 6 rings (SSSR count). The summed E-state index contributed by atoms with van der Waals surface area (Å²) in [4.78, 5) is 25.2. The van der Waals surface area contributed by atoms with Crippen molar-refractivity contribution in [1.82, 2.24) is 0 Å². The number of esters is 1. The van der Waals surface area contributed by atoms with E-state index in [9.17, 15) is 9.59 Å². The molecule has 4 aliphatic heterocycles. The molecule has 102 valence electrons. The summed E-state index contributed by atoms with van der Waals surface area (Å²) in [6, 6.07) is 0. The van der Waals surface area contributed by atoms with Gasteiger partial charge < -0.3 is 14.2 Å². The molecule has 6 aliphatic rings. The average Bonchev–Trinajstić information content (AvgIpc) is 2.27. The summed E-state index contributed by atoms with van der Waals surface area (Å²) in [7, 11) is 0. The number of rotatable bonds is 0. The average molecular weight is 264 g/mol. The molecule has 2 saturated carbocycles. The van der Waals surface area contributed by atoms with Crippen LogP contribution in [0.5, 0.6) is 0 Å². The van der Waals surface area contributed by atoms with Gasteiger partial charge >= 0.3 is 5.97 Å². The van der Waals surface area contributed by atoms with Crippen molar-refractivity contribution in [3.63, 3.8) is 0 Å². The second-order valence-electron chi connectivity index (χ2n) is 7.46. The summed E-state index contributed by atoms with van der Waals surface area (Å²) in [6.45, 7) is 7.47. The van der Waals surface area contributed by atoms with E-state index in [0.29, 0.717) is 0 Å². The van der Waals surface area contributed by atoms with Crippen LogP contribution in [0, 0.1) is 17.8 Å². The highest BCUT2D eigenvalue weighted by molar-refractivity contribution is 5.98. The lowest BCUT2D eigenvalue weighted by Gasteiger charge is -2.78. The van der Waals surface area contributed by atoms with Crippen molar-refractivity contribution in [1.29, 1.82) is 0 Å². The smallest absolute Gasteiger partial charge is 0.315 e. The van der Waals surface area contributed by atoms with Gasteiger partial charge in [0.05, 0.1) is 23.0 Å². The zero-order chi connectivity index (χ0) is 13.6. The fourth-order valence-electron chi connectivity index (χ4n) is 6.31. The van der Waals surface area contributed by atoms with Crippen LogP contribution in [-0.2, 0) is 23.8 Å². The van der Waals surface area contributed by atoms with Gasteiger partial charge in [-0.3, -0.25) is 9.59 Å². The van der Waals surface area contributed by atoms with Gasteiger partial charge in [-0.15, -0.1) is 0 Å². The van der Waals surface area contributed by atoms with Crippen LogP contribution in [0.15, 0.2) is 0 Å². The van der Waals surface area contributed by atoms with Gasteiger partial charge in [0.1, 0.15) is 17.1 Å². The van der Waals surface area contributed by atoms with Gasteiger partial charge in [-0.05, 0) is 27.7 Å². The van der Waals surface area contributed by atoms with Crippen molar-refractivity contribution >= 4 is 11.8 Å². The number of hydrogen-bond acceptors (Lipinski definition) is 5.